The number of carbonyl (C=O) groups is 1. The van der Waals surface area contributed by atoms with Gasteiger partial charge in [-0.3, -0.25) is 4.79 Å². The summed E-state index contributed by atoms with van der Waals surface area (Å²) in [5, 5.41) is 0. The van der Waals surface area contributed by atoms with Gasteiger partial charge in [-0.25, -0.2) is 0 Å². The number of benzene rings is 2. The van der Waals surface area contributed by atoms with Crippen molar-refractivity contribution in [2.45, 2.75) is 31.6 Å². The van der Waals surface area contributed by atoms with Gasteiger partial charge in [-0.1, -0.05) is 40.2 Å². The van der Waals surface area contributed by atoms with Crippen LogP contribution in [0.4, 0.5) is 0 Å². The molecular formula is C18H16BrIO. The summed E-state index contributed by atoms with van der Waals surface area (Å²) in [4.78, 5) is 12.7. The molecule has 1 aliphatic carbocycles. The van der Waals surface area contributed by atoms with E-state index in [4.69, 9.17) is 0 Å². The number of rotatable bonds is 3. The minimum Gasteiger partial charge on any atom is -0.294 e. The lowest BCUT2D eigenvalue weighted by Gasteiger charge is -2.25. The zero-order valence-corrected chi connectivity index (χ0v) is 15.4. The third-order valence-electron chi connectivity index (χ3n) is 4.15. The molecule has 0 heterocycles. The fourth-order valence-corrected chi connectivity index (χ4v) is 4.07. The highest BCUT2D eigenvalue weighted by molar-refractivity contribution is 14.1. The van der Waals surface area contributed by atoms with Gasteiger partial charge in [-0.05, 0) is 77.1 Å². The van der Waals surface area contributed by atoms with Crippen LogP contribution in [-0.2, 0) is 6.42 Å². The van der Waals surface area contributed by atoms with Crippen LogP contribution in [0, 0.1) is 3.57 Å². The maximum atomic E-state index is 12.7. The average molecular weight is 455 g/mol. The fourth-order valence-electron chi connectivity index (χ4n) is 3.11. The van der Waals surface area contributed by atoms with E-state index in [1.165, 1.54) is 17.5 Å². The van der Waals surface area contributed by atoms with Crippen molar-refractivity contribution >= 4 is 44.3 Å². The molecule has 0 aliphatic heterocycles. The summed E-state index contributed by atoms with van der Waals surface area (Å²) in [7, 11) is 0. The van der Waals surface area contributed by atoms with Gasteiger partial charge in [0, 0.05) is 20.0 Å². The highest BCUT2D eigenvalue weighted by Gasteiger charge is 2.23. The highest BCUT2D eigenvalue weighted by Crippen LogP contribution is 2.35. The van der Waals surface area contributed by atoms with Crippen molar-refractivity contribution in [1.82, 2.24) is 0 Å². The first-order chi connectivity index (χ1) is 10.1. The monoisotopic (exact) mass is 454 g/mol. The number of aryl methyl sites for hydroxylation is 1. The topological polar surface area (TPSA) is 17.1 Å². The van der Waals surface area contributed by atoms with Gasteiger partial charge in [-0.2, -0.15) is 0 Å². The Balaban J connectivity index is 1.84. The van der Waals surface area contributed by atoms with Crippen molar-refractivity contribution in [3.8, 4) is 0 Å². The summed E-state index contributed by atoms with van der Waals surface area (Å²) >= 11 is 5.76. The number of halogens is 2. The molecule has 2 aromatic carbocycles. The Kier molecular flexibility index (Phi) is 4.79. The maximum Gasteiger partial charge on any atom is 0.164 e. The minimum atomic E-state index is 0.238. The Bertz CT molecular complexity index is 681. The molecule has 2 aromatic rings. The van der Waals surface area contributed by atoms with Crippen LogP contribution in [0.1, 0.15) is 46.7 Å². The molecular weight excluding hydrogens is 439 g/mol. The number of carbonyl (C=O) groups excluding carboxylic acids is 1. The van der Waals surface area contributed by atoms with Crippen LogP contribution in [-0.4, -0.2) is 5.78 Å². The molecule has 0 aromatic heterocycles. The third kappa shape index (κ3) is 3.39. The summed E-state index contributed by atoms with van der Waals surface area (Å²) < 4.78 is 2.00. The molecule has 0 bridgehead atoms. The summed E-state index contributed by atoms with van der Waals surface area (Å²) in [6, 6.07) is 14.5. The van der Waals surface area contributed by atoms with Crippen molar-refractivity contribution in [3.05, 3.63) is 67.2 Å². The lowest BCUT2D eigenvalue weighted by atomic mass is 9.79. The first-order valence-electron chi connectivity index (χ1n) is 7.21. The Morgan fingerprint density at radius 3 is 2.90 bits per heavy atom. The van der Waals surface area contributed by atoms with Crippen LogP contribution in [0.15, 0.2) is 46.9 Å². The molecule has 1 unspecified atom stereocenters. The van der Waals surface area contributed by atoms with Crippen molar-refractivity contribution in [3.63, 3.8) is 0 Å². The van der Waals surface area contributed by atoms with E-state index in [1.807, 2.05) is 18.2 Å². The van der Waals surface area contributed by atoms with E-state index < -0.39 is 0 Å². The lowest BCUT2D eigenvalue weighted by Crippen LogP contribution is -2.14. The summed E-state index contributed by atoms with van der Waals surface area (Å²) in [6.07, 6.45) is 4.05. The second kappa shape index (κ2) is 6.61. The van der Waals surface area contributed by atoms with E-state index in [9.17, 15) is 4.79 Å². The smallest absolute Gasteiger partial charge is 0.164 e. The molecule has 0 fully saturated rings. The number of fused-ring (bicyclic) bond motifs is 1. The van der Waals surface area contributed by atoms with Crippen LogP contribution < -0.4 is 0 Å². The zero-order valence-electron chi connectivity index (χ0n) is 11.6. The molecule has 1 nitrogen and oxygen atoms in total. The van der Waals surface area contributed by atoms with E-state index >= 15 is 0 Å². The van der Waals surface area contributed by atoms with E-state index in [-0.39, 0.29) is 5.78 Å². The molecule has 0 radical (unpaired) electrons. The van der Waals surface area contributed by atoms with Crippen molar-refractivity contribution in [2.24, 2.45) is 0 Å². The van der Waals surface area contributed by atoms with Gasteiger partial charge in [0.05, 0.1) is 0 Å². The quantitative estimate of drug-likeness (QED) is 0.426. The Hall–Kier alpha value is -0.680. The normalized spacial score (nSPS) is 17.3. The molecule has 0 N–H and O–H groups in total. The van der Waals surface area contributed by atoms with Gasteiger partial charge in [0.25, 0.3) is 0 Å². The first kappa shape index (κ1) is 15.2. The molecule has 0 amide bonds. The van der Waals surface area contributed by atoms with Crippen LogP contribution >= 0.6 is 38.5 Å². The fraction of sp³-hybridized carbons (Fsp3) is 0.278. The summed E-state index contributed by atoms with van der Waals surface area (Å²) in [5.74, 6) is 0.606. The van der Waals surface area contributed by atoms with Crippen LogP contribution in [0.5, 0.6) is 0 Å². The maximum absolute atomic E-state index is 12.7. The van der Waals surface area contributed by atoms with Gasteiger partial charge in [0.2, 0.25) is 0 Å². The van der Waals surface area contributed by atoms with E-state index in [0.29, 0.717) is 12.3 Å². The molecule has 3 rings (SSSR count). The van der Waals surface area contributed by atoms with E-state index in [2.05, 4.69) is 62.8 Å². The number of hydrogen-bond acceptors (Lipinski definition) is 1. The molecule has 3 heteroatoms. The lowest BCUT2D eigenvalue weighted by molar-refractivity contribution is 0.0970. The molecule has 108 valence electrons. The standard InChI is InChI=1S/C18H16BrIO/c19-17-9-8-14(20)11-16(17)18(21)10-13-6-3-5-12-4-1-2-7-15(12)13/h1-2,4,7-9,11,13H,3,5-6,10H2. The van der Waals surface area contributed by atoms with Gasteiger partial charge in [-0.15, -0.1) is 0 Å². The Labute approximate surface area is 147 Å². The zero-order chi connectivity index (χ0) is 14.8. The van der Waals surface area contributed by atoms with Crippen LogP contribution in [0.25, 0.3) is 0 Å². The van der Waals surface area contributed by atoms with Gasteiger partial charge in [0.15, 0.2) is 5.78 Å². The van der Waals surface area contributed by atoms with Gasteiger partial charge >= 0.3 is 0 Å². The number of ketones is 1. The highest BCUT2D eigenvalue weighted by atomic mass is 127. The Morgan fingerprint density at radius 2 is 2.05 bits per heavy atom. The molecule has 21 heavy (non-hydrogen) atoms. The minimum absolute atomic E-state index is 0.238. The number of hydrogen-bond donors (Lipinski definition) is 0. The van der Waals surface area contributed by atoms with E-state index in [1.54, 1.807) is 0 Å². The van der Waals surface area contributed by atoms with Crippen molar-refractivity contribution in [1.29, 1.82) is 0 Å². The summed E-state index contributed by atoms with van der Waals surface area (Å²) in [6.45, 7) is 0. The Morgan fingerprint density at radius 1 is 1.24 bits per heavy atom. The average Bonchev–Trinajstić information content (AvgIpc) is 2.50. The second-order valence-corrected chi connectivity index (χ2v) is 7.64. The van der Waals surface area contributed by atoms with Gasteiger partial charge in [0.1, 0.15) is 0 Å². The largest absolute Gasteiger partial charge is 0.294 e. The second-order valence-electron chi connectivity index (χ2n) is 5.54. The predicted molar refractivity (Wildman–Crippen MR) is 97.9 cm³/mol. The SMILES string of the molecule is O=C(CC1CCCc2ccccc21)c1cc(I)ccc1Br. The van der Waals surface area contributed by atoms with Crippen molar-refractivity contribution < 1.29 is 4.79 Å². The van der Waals surface area contributed by atoms with Crippen LogP contribution in [0.2, 0.25) is 0 Å². The van der Waals surface area contributed by atoms with Gasteiger partial charge < -0.3 is 0 Å². The molecule has 0 saturated heterocycles. The van der Waals surface area contributed by atoms with Crippen molar-refractivity contribution in [2.75, 3.05) is 0 Å². The number of Topliss-reactive ketones (excluding diaryl/α,β-unsaturated/α-hetero) is 1. The molecule has 0 spiro atoms. The van der Waals surface area contributed by atoms with Crippen LogP contribution in [0.3, 0.4) is 0 Å². The first-order valence-corrected chi connectivity index (χ1v) is 9.08. The van der Waals surface area contributed by atoms with E-state index in [0.717, 1.165) is 26.4 Å². The third-order valence-corrected chi connectivity index (χ3v) is 5.52. The summed E-state index contributed by atoms with van der Waals surface area (Å²) in [5.41, 5.74) is 3.60. The molecule has 1 atom stereocenters. The predicted octanol–water partition coefficient (Wildman–Crippen LogP) is 5.75. The molecule has 1 aliphatic rings. The molecule has 0 saturated carbocycles.